The fourth-order valence-electron chi connectivity index (χ4n) is 1.13. The lowest BCUT2D eigenvalue weighted by molar-refractivity contribution is 0.102. The van der Waals surface area contributed by atoms with E-state index in [9.17, 15) is 4.79 Å². The quantitative estimate of drug-likeness (QED) is 0.858. The van der Waals surface area contributed by atoms with Crippen LogP contribution in [0.15, 0.2) is 10.6 Å². The van der Waals surface area contributed by atoms with Gasteiger partial charge in [0.15, 0.2) is 5.82 Å². The molecule has 0 fully saturated rings. The highest BCUT2D eigenvalue weighted by atomic mass is 32.1. The van der Waals surface area contributed by atoms with E-state index in [1.165, 1.54) is 11.3 Å². The Labute approximate surface area is 101 Å². The molecule has 0 saturated heterocycles. The Morgan fingerprint density at radius 2 is 2.35 bits per heavy atom. The first-order valence-electron chi connectivity index (χ1n) is 5.01. The molecule has 17 heavy (non-hydrogen) atoms. The van der Waals surface area contributed by atoms with E-state index in [0.717, 1.165) is 6.54 Å². The summed E-state index contributed by atoms with van der Waals surface area (Å²) in [4.78, 5) is 11.7. The van der Waals surface area contributed by atoms with Crippen LogP contribution in [0.2, 0.25) is 0 Å². The van der Waals surface area contributed by atoms with Crippen molar-refractivity contribution in [2.45, 2.75) is 13.8 Å². The maximum atomic E-state index is 11.7. The Balaban J connectivity index is 2.03. The smallest absolute Gasteiger partial charge is 0.287 e. The van der Waals surface area contributed by atoms with Gasteiger partial charge in [-0.1, -0.05) is 16.5 Å². The number of carbonyl (C=O) groups is 1. The van der Waals surface area contributed by atoms with Gasteiger partial charge in [-0.25, -0.2) is 0 Å². The molecule has 2 heterocycles. The lowest BCUT2D eigenvalue weighted by Gasteiger charge is -1.95. The van der Waals surface area contributed by atoms with E-state index >= 15 is 0 Å². The summed E-state index contributed by atoms with van der Waals surface area (Å²) in [5, 5.41) is 17.7. The summed E-state index contributed by atoms with van der Waals surface area (Å²) in [6.45, 7) is 4.43. The van der Waals surface area contributed by atoms with Gasteiger partial charge in [-0.2, -0.15) is 0 Å². The van der Waals surface area contributed by atoms with Gasteiger partial charge in [0.1, 0.15) is 5.76 Å². The highest BCUT2D eigenvalue weighted by molar-refractivity contribution is 7.17. The lowest BCUT2D eigenvalue weighted by atomic mass is 10.5. The van der Waals surface area contributed by atoms with Gasteiger partial charge in [-0.15, -0.1) is 10.2 Å². The third-order valence-electron chi connectivity index (χ3n) is 1.82. The first-order chi connectivity index (χ1) is 8.19. The van der Waals surface area contributed by atoms with Crippen molar-refractivity contribution >= 4 is 28.2 Å². The van der Waals surface area contributed by atoms with Gasteiger partial charge in [-0.3, -0.25) is 4.79 Å². The molecule has 8 heteroatoms. The van der Waals surface area contributed by atoms with Crippen molar-refractivity contribution in [2.24, 2.45) is 0 Å². The van der Waals surface area contributed by atoms with Crippen molar-refractivity contribution < 1.29 is 9.32 Å². The molecule has 0 radical (unpaired) electrons. The summed E-state index contributed by atoms with van der Waals surface area (Å²) in [6.07, 6.45) is 0. The number of aromatic nitrogens is 3. The minimum absolute atomic E-state index is 0.279. The number of anilines is 2. The number of aryl methyl sites for hydroxylation is 1. The summed E-state index contributed by atoms with van der Waals surface area (Å²) in [5.74, 6) is 0.651. The second-order valence-corrected chi connectivity index (χ2v) is 4.20. The number of hydrogen-bond acceptors (Lipinski definition) is 7. The Morgan fingerprint density at radius 3 is 3.00 bits per heavy atom. The van der Waals surface area contributed by atoms with Crippen molar-refractivity contribution in [3.63, 3.8) is 0 Å². The van der Waals surface area contributed by atoms with Gasteiger partial charge in [0, 0.05) is 12.6 Å². The molecule has 0 aromatic carbocycles. The van der Waals surface area contributed by atoms with E-state index in [0.29, 0.717) is 16.7 Å². The van der Waals surface area contributed by atoms with Crippen LogP contribution >= 0.6 is 11.3 Å². The van der Waals surface area contributed by atoms with Gasteiger partial charge >= 0.3 is 0 Å². The summed E-state index contributed by atoms with van der Waals surface area (Å²) in [5.41, 5.74) is 0. The van der Waals surface area contributed by atoms with E-state index in [-0.39, 0.29) is 10.9 Å². The summed E-state index contributed by atoms with van der Waals surface area (Å²) in [7, 11) is 0. The number of hydrogen-bond donors (Lipinski definition) is 2. The molecule has 0 saturated carbocycles. The van der Waals surface area contributed by atoms with Crippen LogP contribution < -0.4 is 10.6 Å². The van der Waals surface area contributed by atoms with E-state index in [1.807, 2.05) is 6.92 Å². The standard InChI is InChI=1S/C9H11N5O2S/c1-3-10-9-13-12-8(17-9)7(15)11-6-4-5(2)16-14-6/h4H,3H2,1-2H3,(H,10,13)(H,11,14,15). The van der Waals surface area contributed by atoms with E-state index in [4.69, 9.17) is 4.52 Å². The topological polar surface area (TPSA) is 92.9 Å². The maximum Gasteiger partial charge on any atom is 0.287 e. The van der Waals surface area contributed by atoms with Crippen molar-refractivity contribution in [1.29, 1.82) is 0 Å². The third-order valence-corrected chi connectivity index (χ3v) is 2.70. The zero-order valence-electron chi connectivity index (χ0n) is 9.35. The van der Waals surface area contributed by atoms with Crippen LogP contribution in [0.3, 0.4) is 0 Å². The molecule has 0 aliphatic heterocycles. The molecular formula is C9H11N5O2S. The van der Waals surface area contributed by atoms with Gasteiger partial charge in [-0.05, 0) is 13.8 Å². The van der Waals surface area contributed by atoms with Crippen LogP contribution in [0.25, 0.3) is 0 Å². The molecule has 2 rings (SSSR count). The van der Waals surface area contributed by atoms with Crippen LogP contribution in [0.4, 0.5) is 10.9 Å². The lowest BCUT2D eigenvalue weighted by Crippen LogP contribution is -2.11. The molecule has 90 valence electrons. The second kappa shape index (κ2) is 4.91. The Bertz CT molecular complexity index is 521. The monoisotopic (exact) mass is 253 g/mol. The number of carbonyl (C=O) groups excluding carboxylic acids is 1. The van der Waals surface area contributed by atoms with Crippen LogP contribution in [-0.2, 0) is 0 Å². The molecule has 2 aromatic heterocycles. The number of amides is 1. The third kappa shape index (κ3) is 2.78. The molecular weight excluding hydrogens is 242 g/mol. The fraction of sp³-hybridized carbons (Fsp3) is 0.333. The molecule has 7 nitrogen and oxygen atoms in total. The van der Waals surface area contributed by atoms with E-state index in [2.05, 4.69) is 26.0 Å². The van der Waals surface area contributed by atoms with Crippen LogP contribution in [0, 0.1) is 6.92 Å². The normalized spacial score (nSPS) is 10.2. The van der Waals surface area contributed by atoms with Crippen LogP contribution in [-0.4, -0.2) is 27.8 Å². The Morgan fingerprint density at radius 1 is 1.53 bits per heavy atom. The summed E-state index contributed by atoms with van der Waals surface area (Å²) >= 11 is 1.19. The van der Waals surface area contributed by atoms with Crippen LogP contribution in [0.5, 0.6) is 0 Å². The van der Waals surface area contributed by atoms with Crippen molar-refractivity contribution in [3.05, 3.63) is 16.8 Å². The predicted molar refractivity (Wildman–Crippen MR) is 63.3 cm³/mol. The minimum atomic E-state index is -0.347. The molecule has 0 aliphatic carbocycles. The average molecular weight is 253 g/mol. The zero-order chi connectivity index (χ0) is 12.3. The first-order valence-corrected chi connectivity index (χ1v) is 5.82. The number of nitrogens with one attached hydrogen (secondary N) is 2. The minimum Gasteiger partial charge on any atom is -0.360 e. The van der Waals surface area contributed by atoms with Gasteiger partial charge < -0.3 is 15.2 Å². The van der Waals surface area contributed by atoms with Crippen molar-refractivity contribution in [2.75, 3.05) is 17.2 Å². The first kappa shape index (κ1) is 11.5. The van der Waals surface area contributed by atoms with Crippen molar-refractivity contribution in [3.8, 4) is 0 Å². The molecule has 0 atom stereocenters. The van der Waals surface area contributed by atoms with E-state index in [1.54, 1.807) is 13.0 Å². The summed E-state index contributed by atoms with van der Waals surface area (Å²) < 4.78 is 4.84. The second-order valence-electron chi connectivity index (χ2n) is 3.22. The molecule has 0 aliphatic rings. The van der Waals surface area contributed by atoms with E-state index < -0.39 is 0 Å². The average Bonchev–Trinajstić information content (AvgIpc) is 2.88. The fourth-order valence-corrected chi connectivity index (χ4v) is 1.84. The van der Waals surface area contributed by atoms with Crippen LogP contribution in [0.1, 0.15) is 22.5 Å². The molecule has 0 spiro atoms. The molecule has 2 N–H and O–H groups in total. The zero-order valence-corrected chi connectivity index (χ0v) is 10.2. The maximum absolute atomic E-state index is 11.7. The molecule has 2 aromatic rings. The van der Waals surface area contributed by atoms with Crippen molar-refractivity contribution in [1.82, 2.24) is 15.4 Å². The highest BCUT2D eigenvalue weighted by Crippen LogP contribution is 2.16. The van der Waals surface area contributed by atoms with Gasteiger partial charge in [0.2, 0.25) is 10.1 Å². The molecule has 0 bridgehead atoms. The van der Waals surface area contributed by atoms with Gasteiger partial charge in [0.05, 0.1) is 0 Å². The number of nitrogens with zero attached hydrogens (tertiary/aromatic N) is 3. The molecule has 1 amide bonds. The van der Waals surface area contributed by atoms with Gasteiger partial charge in [0.25, 0.3) is 5.91 Å². The SMILES string of the molecule is CCNc1nnc(C(=O)Nc2cc(C)on2)s1. The molecule has 0 unspecified atom stereocenters. The Hall–Kier alpha value is -1.96. The highest BCUT2D eigenvalue weighted by Gasteiger charge is 2.14. The largest absolute Gasteiger partial charge is 0.360 e. The Kier molecular flexibility index (Phi) is 3.33. The number of rotatable bonds is 4. The summed E-state index contributed by atoms with van der Waals surface area (Å²) in [6, 6.07) is 1.63. The predicted octanol–water partition coefficient (Wildman–Crippen LogP) is 1.52.